The lowest BCUT2D eigenvalue weighted by Crippen LogP contribution is -2.41. The average Bonchev–Trinajstić information content (AvgIpc) is 2.38. The molecule has 1 aliphatic heterocycles. The second-order valence-corrected chi connectivity index (χ2v) is 2.88. The average molecular weight is 143 g/mol. The number of rotatable bonds is 3. The molecule has 1 unspecified atom stereocenters. The van der Waals surface area contributed by atoms with Gasteiger partial charge in [0.05, 0.1) is 6.17 Å². The molecule has 3 heteroatoms. The Kier molecular flexibility index (Phi) is 3.12. The van der Waals surface area contributed by atoms with Crippen LogP contribution in [0.4, 0.5) is 0 Å². The van der Waals surface area contributed by atoms with Crippen molar-refractivity contribution in [2.75, 3.05) is 26.7 Å². The molecule has 0 aromatic heterocycles. The highest BCUT2D eigenvalue weighted by atomic mass is 15.3. The maximum absolute atomic E-state index is 5.43. The van der Waals surface area contributed by atoms with E-state index in [4.69, 9.17) is 5.73 Å². The van der Waals surface area contributed by atoms with Crippen LogP contribution in [0.25, 0.3) is 0 Å². The molecule has 0 bridgehead atoms. The molecule has 3 N–H and O–H groups in total. The Morgan fingerprint density at radius 3 is 3.00 bits per heavy atom. The van der Waals surface area contributed by atoms with Crippen molar-refractivity contribution in [1.29, 1.82) is 0 Å². The molecule has 0 radical (unpaired) electrons. The molecule has 1 aliphatic rings. The highest BCUT2D eigenvalue weighted by molar-refractivity contribution is 4.73. The molecule has 0 spiro atoms. The van der Waals surface area contributed by atoms with Gasteiger partial charge < -0.3 is 11.1 Å². The van der Waals surface area contributed by atoms with Gasteiger partial charge in [-0.05, 0) is 26.4 Å². The number of likely N-dealkylation sites (N-methyl/N-ethyl adjacent to an activating group) is 1. The van der Waals surface area contributed by atoms with E-state index in [9.17, 15) is 0 Å². The van der Waals surface area contributed by atoms with Crippen LogP contribution in [-0.4, -0.2) is 37.7 Å². The van der Waals surface area contributed by atoms with Gasteiger partial charge in [-0.3, -0.25) is 4.90 Å². The van der Waals surface area contributed by atoms with Crippen LogP contribution in [0.3, 0.4) is 0 Å². The third-order valence-corrected chi connectivity index (χ3v) is 2.05. The van der Waals surface area contributed by atoms with Crippen LogP contribution in [0, 0.1) is 0 Å². The second kappa shape index (κ2) is 3.91. The quantitative estimate of drug-likeness (QED) is 0.564. The summed E-state index contributed by atoms with van der Waals surface area (Å²) in [6.07, 6.45) is 3.17. The normalized spacial score (nSPS) is 26.1. The van der Waals surface area contributed by atoms with Crippen molar-refractivity contribution in [2.24, 2.45) is 5.73 Å². The highest BCUT2D eigenvalue weighted by Gasteiger charge is 2.17. The fourth-order valence-corrected chi connectivity index (χ4v) is 1.40. The number of nitrogens with zero attached hydrogens (tertiary/aromatic N) is 1. The monoisotopic (exact) mass is 143 g/mol. The van der Waals surface area contributed by atoms with E-state index in [0.717, 1.165) is 13.1 Å². The smallest absolute Gasteiger partial charge is 0.0595 e. The Morgan fingerprint density at radius 1 is 1.70 bits per heavy atom. The summed E-state index contributed by atoms with van der Waals surface area (Å²) in [5.74, 6) is 0. The SMILES string of the molecule is CN(CCN)C1CCCN1. The molecule has 10 heavy (non-hydrogen) atoms. The van der Waals surface area contributed by atoms with Crippen LogP contribution in [0.2, 0.25) is 0 Å². The first kappa shape index (κ1) is 7.98. The summed E-state index contributed by atoms with van der Waals surface area (Å²) in [6.45, 7) is 2.92. The van der Waals surface area contributed by atoms with Crippen molar-refractivity contribution in [3.63, 3.8) is 0 Å². The predicted octanol–water partition coefficient (Wildman–Crippen LogP) is -0.414. The summed E-state index contributed by atoms with van der Waals surface area (Å²) < 4.78 is 0. The Labute approximate surface area is 62.6 Å². The zero-order valence-electron chi connectivity index (χ0n) is 6.64. The van der Waals surface area contributed by atoms with Gasteiger partial charge in [0.2, 0.25) is 0 Å². The molecule has 0 aromatic carbocycles. The molecule has 1 fully saturated rings. The molecule has 0 saturated carbocycles. The van der Waals surface area contributed by atoms with Crippen molar-refractivity contribution >= 4 is 0 Å². The van der Waals surface area contributed by atoms with E-state index in [0.29, 0.717) is 6.17 Å². The van der Waals surface area contributed by atoms with Crippen LogP contribution >= 0.6 is 0 Å². The Balaban J connectivity index is 2.18. The fraction of sp³-hybridized carbons (Fsp3) is 1.00. The molecule has 0 amide bonds. The highest BCUT2D eigenvalue weighted by Crippen LogP contribution is 2.07. The maximum atomic E-state index is 5.43. The van der Waals surface area contributed by atoms with Gasteiger partial charge >= 0.3 is 0 Å². The largest absolute Gasteiger partial charge is 0.329 e. The molecular weight excluding hydrogens is 126 g/mol. The topological polar surface area (TPSA) is 41.3 Å². The molecule has 0 aliphatic carbocycles. The lowest BCUT2D eigenvalue weighted by molar-refractivity contribution is 0.231. The summed E-state index contributed by atoms with van der Waals surface area (Å²) >= 11 is 0. The summed E-state index contributed by atoms with van der Waals surface area (Å²) in [6, 6.07) is 0. The minimum Gasteiger partial charge on any atom is -0.329 e. The van der Waals surface area contributed by atoms with Gasteiger partial charge in [-0.2, -0.15) is 0 Å². The van der Waals surface area contributed by atoms with E-state index < -0.39 is 0 Å². The van der Waals surface area contributed by atoms with Crippen molar-refractivity contribution in [3.8, 4) is 0 Å². The van der Waals surface area contributed by atoms with E-state index in [2.05, 4.69) is 17.3 Å². The number of hydrogen-bond acceptors (Lipinski definition) is 3. The van der Waals surface area contributed by atoms with Gasteiger partial charge in [0.25, 0.3) is 0 Å². The van der Waals surface area contributed by atoms with E-state index >= 15 is 0 Å². The van der Waals surface area contributed by atoms with Crippen LogP contribution in [0.1, 0.15) is 12.8 Å². The molecular formula is C7H17N3. The summed E-state index contributed by atoms with van der Waals surface area (Å²) in [7, 11) is 2.12. The van der Waals surface area contributed by atoms with Gasteiger partial charge in [0, 0.05) is 13.1 Å². The third-order valence-electron chi connectivity index (χ3n) is 2.05. The van der Waals surface area contributed by atoms with E-state index in [-0.39, 0.29) is 0 Å². The van der Waals surface area contributed by atoms with Gasteiger partial charge in [0.1, 0.15) is 0 Å². The molecule has 1 heterocycles. The minimum atomic E-state index is 0.587. The summed E-state index contributed by atoms with van der Waals surface area (Å²) in [5.41, 5.74) is 5.43. The molecule has 3 nitrogen and oxygen atoms in total. The first-order valence-electron chi connectivity index (χ1n) is 3.98. The van der Waals surface area contributed by atoms with Gasteiger partial charge in [-0.15, -0.1) is 0 Å². The zero-order chi connectivity index (χ0) is 7.40. The van der Waals surface area contributed by atoms with Crippen LogP contribution in [0.15, 0.2) is 0 Å². The first-order chi connectivity index (χ1) is 4.84. The lowest BCUT2D eigenvalue weighted by atomic mass is 10.3. The van der Waals surface area contributed by atoms with Gasteiger partial charge in [0.15, 0.2) is 0 Å². The number of hydrogen-bond donors (Lipinski definition) is 2. The zero-order valence-corrected chi connectivity index (χ0v) is 6.64. The Hall–Kier alpha value is -0.120. The molecule has 0 aromatic rings. The van der Waals surface area contributed by atoms with Gasteiger partial charge in [-0.1, -0.05) is 0 Å². The van der Waals surface area contributed by atoms with E-state index in [1.54, 1.807) is 0 Å². The number of nitrogens with one attached hydrogen (secondary N) is 1. The predicted molar refractivity (Wildman–Crippen MR) is 42.7 cm³/mol. The summed E-state index contributed by atoms with van der Waals surface area (Å²) in [4.78, 5) is 2.28. The van der Waals surface area contributed by atoms with Crippen LogP contribution < -0.4 is 11.1 Å². The molecule has 1 atom stereocenters. The van der Waals surface area contributed by atoms with Gasteiger partial charge in [-0.25, -0.2) is 0 Å². The maximum Gasteiger partial charge on any atom is 0.0595 e. The van der Waals surface area contributed by atoms with E-state index in [1.807, 2.05) is 0 Å². The third kappa shape index (κ3) is 1.94. The lowest BCUT2D eigenvalue weighted by Gasteiger charge is -2.23. The second-order valence-electron chi connectivity index (χ2n) is 2.88. The van der Waals surface area contributed by atoms with Crippen LogP contribution in [0.5, 0.6) is 0 Å². The minimum absolute atomic E-state index is 0.587. The molecule has 1 saturated heterocycles. The van der Waals surface area contributed by atoms with Crippen LogP contribution in [-0.2, 0) is 0 Å². The van der Waals surface area contributed by atoms with Crippen molar-refractivity contribution in [1.82, 2.24) is 10.2 Å². The number of nitrogens with two attached hydrogens (primary N) is 1. The molecule has 1 rings (SSSR count). The fourth-order valence-electron chi connectivity index (χ4n) is 1.40. The summed E-state index contributed by atoms with van der Waals surface area (Å²) in [5, 5.41) is 3.41. The van der Waals surface area contributed by atoms with Crippen molar-refractivity contribution in [3.05, 3.63) is 0 Å². The van der Waals surface area contributed by atoms with E-state index in [1.165, 1.54) is 19.4 Å². The Morgan fingerprint density at radius 2 is 2.50 bits per heavy atom. The standard InChI is InChI=1S/C7H17N3/c1-10(6-4-8)7-3-2-5-9-7/h7,9H,2-6,8H2,1H3. The van der Waals surface area contributed by atoms with Crippen molar-refractivity contribution < 1.29 is 0 Å². The Bertz CT molecular complexity index is 88.9. The van der Waals surface area contributed by atoms with Crippen molar-refractivity contribution in [2.45, 2.75) is 19.0 Å². The first-order valence-corrected chi connectivity index (χ1v) is 3.98. The molecule has 60 valence electrons.